The van der Waals surface area contributed by atoms with E-state index < -0.39 is 27.0 Å². The van der Waals surface area contributed by atoms with E-state index in [1.54, 1.807) is 23.6 Å². The third-order valence-electron chi connectivity index (χ3n) is 6.52. The lowest BCUT2D eigenvalue weighted by molar-refractivity contribution is -0.120. The SMILES string of the molecule is CC1OCC1(C)NS(=O)(=O)c1cc(N2C[C@H](C)N[C@@H](C)C2)c2cnc(-c3nnc(C(F)F)s3)n2c1. The lowest BCUT2D eigenvalue weighted by atomic mass is 9.93. The minimum Gasteiger partial charge on any atom is -0.374 e. The highest BCUT2D eigenvalue weighted by atomic mass is 32.2. The van der Waals surface area contributed by atoms with E-state index in [1.807, 2.05) is 6.92 Å². The highest BCUT2D eigenvalue weighted by Crippen LogP contribution is 2.34. The number of nitrogens with one attached hydrogen (secondary N) is 2. The normalized spacial score (nSPS) is 27.5. The van der Waals surface area contributed by atoms with Crippen LogP contribution in [-0.2, 0) is 14.8 Å². The van der Waals surface area contributed by atoms with E-state index in [1.165, 1.54) is 6.20 Å². The van der Waals surface area contributed by atoms with E-state index in [9.17, 15) is 17.2 Å². The molecule has 14 heteroatoms. The number of alkyl halides is 2. The number of fused-ring (bicyclic) bond motifs is 1. The molecule has 0 aromatic carbocycles. The fraction of sp³-hybridized carbons (Fsp3) is 0.571. The second-order valence-corrected chi connectivity index (χ2v) is 12.2. The van der Waals surface area contributed by atoms with Crippen molar-refractivity contribution >= 4 is 32.6 Å². The van der Waals surface area contributed by atoms with Crippen molar-refractivity contribution < 1.29 is 21.9 Å². The molecule has 5 heterocycles. The summed E-state index contributed by atoms with van der Waals surface area (Å²) in [7, 11) is -3.95. The largest absolute Gasteiger partial charge is 0.374 e. The van der Waals surface area contributed by atoms with Crippen molar-refractivity contribution in [2.24, 2.45) is 0 Å². The predicted molar refractivity (Wildman–Crippen MR) is 127 cm³/mol. The molecule has 0 saturated carbocycles. The van der Waals surface area contributed by atoms with Crippen molar-refractivity contribution in [3.05, 3.63) is 23.5 Å². The monoisotopic (exact) mass is 527 g/mol. The molecule has 35 heavy (non-hydrogen) atoms. The maximum atomic E-state index is 13.5. The molecule has 5 rings (SSSR count). The smallest absolute Gasteiger partial charge is 0.291 e. The summed E-state index contributed by atoms with van der Waals surface area (Å²) in [6, 6.07) is 2.01. The van der Waals surface area contributed by atoms with E-state index in [2.05, 4.69) is 44.0 Å². The molecule has 0 spiro atoms. The zero-order valence-electron chi connectivity index (χ0n) is 19.7. The van der Waals surface area contributed by atoms with Gasteiger partial charge < -0.3 is 15.0 Å². The van der Waals surface area contributed by atoms with Crippen LogP contribution in [0.4, 0.5) is 14.5 Å². The Hall–Kier alpha value is -2.26. The molecule has 2 aliphatic heterocycles. The third-order valence-corrected chi connectivity index (χ3v) is 9.03. The quantitative estimate of drug-likeness (QED) is 0.503. The van der Waals surface area contributed by atoms with Crippen LogP contribution in [0, 0.1) is 0 Å². The van der Waals surface area contributed by atoms with Crippen LogP contribution in [0.2, 0.25) is 0 Å². The Labute approximate surface area is 205 Å². The van der Waals surface area contributed by atoms with Gasteiger partial charge in [-0.3, -0.25) is 4.40 Å². The Morgan fingerprint density at radius 3 is 2.54 bits per heavy atom. The summed E-state index contributed by atoms with van der Waals surface area (Å²) >= 11 is 0.731. The van der Waals surface area contributed by atoms with Crippen molar-refractivity contribution in [3.63, 3.8) is 0 Å². The van der Waals surface area contributed by atoms with E-state index in [-0.39, 0.29) is 40.5 Å². The van der Waals surface area contributed by atoms with Crippen LogP contribution < -0.4 is 14.9 Å². The number of anilines is 1. The number of ether oxygens (including phenoxy) is 1. The number of aromatic nitrogens is 4. The molecule has 3 aromatic heterocycles. The zero-order chi connectivity index (χ0) is 25.1. The van der Waals surface area contributed by atoms with Crippen molar-refractivity contribution in [3.8, 4) is 10.8 Å². The Morgan fingerprint density at radius 2 is 1.97 bits per heavy atom. The van der Waals surface area contributed by atoms with Gasteiger partial charge in [0.05, 0.1) is 35.7 Å². The molecule has 2 fully saturated rings. The fourth-order valence-electron chi connectivity index (χ4n) is 4.53. The average molecular weight is 528 g/mol. The molecular weight excluding hydrogens is 500 g/mol. The minimum atomic E-state index is -3.95. The van der Waals surface area contributed by atoms with Crippen molar-refractivity contribution in [1.29, 1.82) is 0 Å². The van der Waals surface area contributed by atoms with Gasteiger partial charge in [0, 0.05) is 31.4 Å². The number of nitrogens with zero attached hydrogens (tertiary/aromatic N) is 5. The van der Waals surface area contributed by atoms with Crippen molar-refractivity contribution in [2.75, 3.05) is 24.6 Å². The fourth-order valence-corrected chi connectivity index (χ4v) is 6.69. The number of piperazine rings is 1. The van der Waals surface area contributed by atoms with Gasteiger partial charge >= 0.3 is 0 Å². The number of pyridine rings is 1. The number of halogens is 2. The molecule has 2 saturated heterocycles. The van der Waals surface area contributed by atoms with Gasteiger partial charge in [-0.05, 0) is 33.8 Å². The van der Waals surface area contributed by atoms with Gasteiger partial charge in [-0.25, -0.2) is 26.9 Å². The van der Waals surface area contributed by atoms with Gasteiger partial charge in [0.25, 0.3) is 6.43 Å². The first-order chi connectivity index (χ1) is 16.5. The second kappa shape index (κ2) is 8.69. The van der Waals surface area contributed by atoms with Gasteiger partial charge in [0.2, 0.25) is 10.0 Å². The van der Waals surface area contributed by atoms with Crippen LogP contribution in [0.1, 0.15) is 39.1 Å². The maximum absolute atomic E-state index is 13.5. The topological polar surface area (TPSA) is 114 Å². The van der Waals surface area contributed by atoms with Crippen molar-refractivity contribution in [1.82, 2.24) is 29.6 Å². The van der Waals surface area contributed by atoms with Crippen LogP contribution in [0.15, 0.2) is 23.4 Å². The summed E-state index contributed by atoms with van der Waals surface area (Å²) < 4.78 is 63.0. The third kappa shape index (κ3) is 4.42. The maximum Gasteiger partial charge on any atom is 0.291 e. The highest BCUT2D eigenvalue weighted by Gasteiger charge is 2.44. The Kier molecular flexibility index (Phi) is 6.07. The minimum absolute atomic E-state index is 0.0389. The molecule has 190 valence electrons. The Bertz CT molecular complexity index is 1350. The number of hydrogen-bond donors (Lipinski definition) is 2. The van der Waals surface area contributed by atoms with Crippen LogP contribution in [0.25, 0.3) is 16.3 Å². The van der Waals surface area contributed by atoms with Crippen LogP contribution in [-0.4, -0.2) is 71.4 Å². The molecule has 2 aliphatic rings. The molecular formula is C21H27F2N7O3S2. The summed E-state index contributed by atoms with van der Waals surface area (Å²) in [4.78, 5) is 6.57. The summed E-state index contributed by atoms with van der Waals surface area (Å²) in [6.45, 7) is 9.34. The van der Waals surface area contributed by atoms with E-state index in [0.717, 1.165) is 11.3 Å². The summed E-state index contributed by atoms with van der Waals surface area (Å²) in [5.74, 6) is 0.255. The molecule has 10 nitrogen and oxygen atoms in total. The molecule has 0 radical (unpaired) electrons. The van der Waals surface area contributed by atoms with Crippen LogP contribution in [0.3, 0.4) is 0 Å². The Morgan fingerprint density at radius 1 is 1.26 bits per heavy atom. The highest BCUT2D eigenvalue weighted by molar-refractivity contribution is 7.89. The van der Waals surface area contributed by atoms with Gasteiger partial charge in [0.15, 0.2) is 15.8 Å². The molecule has 3 aromatic rings. The van der Waals surface area contributed by atoms with E-state index in [4.69, 9.17) is 4.74 Å². The first-order valence-corrected chi connectivity index (χ1v) is 13.6. The summed E-state index contributed by atoms with van der Waals surface area (Å²) in [5, 5.41) is 10.7. The lowest BCUT2D eigenvalue weighted by Gasteiger charge is -2.45. The van der Waals surface area contributed by atoms with Gasteiger partial charge in [0.1, 0.15) is 4.90 Å². The second-order valence-electron chi connectivity index (χ2n) is 9.49. The molecule has 2 N–H and O–H groups in total. The van der Waals surface area contributed by atoms with Gasteiger partial charge in [-0.15, -0.1) is 10.2 Å². The number of sulfonamides is 1. The lowest BCUT2D eigenvalue weighted by Crippen LogP contribution is -2.65. The summed E-state index contributed by atoms with van der Waals surface area (Å²) in [6.07, 6.45) is 0.0429. The molecule has 4 atom stereocenters. The van der Waals surface area contributed by atoms with Gasteiger partial charge in [-0.2, -0.15) is 0 Å². The van der Waals surface area contributed by atoms with E-state index >= 15 is 0 Å². The molecule has 0 aliphatic carbocycles. The zero-order valence-corrected chi connectivity index (χ0v) is 21.3. The van der Waals surface area contributed by atoms with E-state index in [0.29, 0.717) is 24.3 Å². The Balaban J connectivity index is 1.65. The number of hydrogen-bond acceptors (Lipinski definition) is 9. The van der Waals surface area contributed by atoms with Gasteiger partial charge in [-0.1, -0.05) is 11.3 Å². The average Bonchev–Trinajstić information content (AvgIpc) is 3.43. The summed E-state index contributed by atoms with van der Waals surface area (Å²) in [5.41, 5.74) is 0.615. The molecule has 0 amide bonds. The molecule has 2 unspecified atom stereocenters. The number of rotatable bonds is 6. The van der Waals surface area contributed by atoms with Crippen LogP contribution >= 0.6 is 11.3 Å². The first kappa shape index (κ1) is 24.4. The van der Waals surface area contributed by atoms with Crippen molar-refractivity contribution in [2.45, 2.75) is 62.7 Å². The van der Waals surface area contributed by atoms with Crippen LogP contribution in [0.5, 0.6) is 0 Å². The number of imidazole rings is 1. The molecule has 0 bridgehead atoms. The predicted octanol–water partition coefficient (Wildman–Crippen LogP) is 2.43. The standard InChI is InChI=1S/C21H27F2N7O3S2/c1-11-7-29(8-12(2)25-11)15-5-14(35(31,32)28-21(4)10-33-13(21)3)9-30-16(15)6-24-18(30)20-27-26-19(34-20)17(22)23/h5-6,9,11-13,17,25,28H,7-8,10H2,1-4H3/t11-,12-,13?,21?/m0/s1. The first-order valence-electron chi connectivity index (χ1n) is 11.3.